The molecule has 160 valence electrons. The molecular formula is C16H17F3N8OS2. The van der Waals surface area contributed by atoms with E-state index in [4.69, 9.17) is 5.73 Å². The van der Waals surface area contributed by atoms with E-state index in [1.54, 1.807) is 19.0 Å². The van der Waals surface area contributed by atoms with Gasteiger partial charge in [-0.1, -0.05) is 23.1 Å². The lowest BCUT2D eigenvalue weighted by molar-refractivity contribution is -0.274. The number of halogens is 3. The number of alkyl halides is 3. The Morgan fingerprint density at radius 1 is 1.13 bits per heavy atom. The van der Waals surface area contributed by atoms with E-state index in [1.807, 2.05) is 6.92 Å². The van der Waals surface area contributed by atoms with Gasteiger partial charge in [0.1, 0.15) is 11.6 Å². The number of aromatic nitrogens is 5. The Balaban J connectivity index is 1.64. The lowest BCUT2D eigenvalue weighted by Gasteiger charge is -2.13. The van der Waals surface area contributed by atoms with E-state index in [0.29, 0.717) is 26.9 Å². The Kier molecular flexibility index (Phi) is 6.45. The molecule has 0 amide bonds. The summed E-state index contributed by atoms with van der Waals surface area (Å²) in [4.78, 5) is 14.4. The minimum absolute atomic E-state index is 0.133. The third-order valence-electron chi connectivity index (χ3n) is 3.45. The molecule has 0 saturated carbocycles. The first-order valence-electron chi connectivity index (χ1n) is 8.41. The summed E-state index contributed by atoms with van der Waals surface area (Å²) in [7, 11) is 3.61. The van der Waals surface area contributed by atoms with Gasteiger partial charge in [0.15, 0.2) is 4.34 Å². The van der Waals surface area contributed by atoms with E-state index in [1.165, 1.54) is 47.4 Å². The molecule has 30 heavy (non-hydrogen) atoms. The molecule has 0 aliphatic rings. The van der Waals surface area contributed by atoms with Crippen molar-refractivity contribution in [3.05, 3.63) is 30.1 Å². The average molecular weight is 458 g/mol. The molecule has 3 aromatic rings. The van der Waals surface area contributed by atoms with Crippen molar-refractivity contribution in [1.29, 1.82) is 0 Å². The standard InChI is InChI=1S/C16H17F3N8OS2/c1-8(11-22-12(20)24-13(23-11)27(2)3)29-15-26-25-14(30-15)21-9-4-6-10(7-5-9)28-16(17,18)19/h4-8H,1-3H3,(H,21,25)(H2,20,22,23,24). The summed E-state index contributed by atoms with van der Waals surface area (Å²) in [5, 5.41) is 11.5. The second-order valence-electron chi connectivity index (χ2n) is 6.08. The highest BCUT2D eigenvalue weighted by molar-refractivity contribution is 8.01. The molecule has 2 aromatic heterocycles. The molecule has 0 aliphatic carbocycles. The Bertz CT molecular complexity index is 997. The SMILES string of the molecule is CC(Sc1nnc(Nc2ccc(OC(F)(F)F)cc2)s1)c1nc(N)nc(N(C)C)n1. The molecule has 2 heterocycles. The fraction of sp³-hybridized carbons (Fsp3) is 0.312. The Morgan fingerprint density at radius 3 is 2.47 bits per heavy atom. The van der Waals surface area contributed by atoms with Gasteiger partial charge >= 0.3 is 6.36 Å². The number of thioether (sulfide) groups is 1. The average Bonchev–Trinajstić information content (AvgIpc) is 3.08. The van der Waals surface area contributed by atoms with Gasteiger partial charge in [-0.15, -0.1) is 23.4 Å². The van der Waals surface area contributed by atoms with Crippen LogP contribution in [0.1, 0.15) is 18.0 Å². The number of ether oxygens (including phenoxy) is 1. The molecule has 0 bridgehead atoms. The number of anilines is 4. The van der Waals surface area contributed by atoms with Crippen LogP contribution in [-0.4, -0.2) is 45.6 Å². The van der Waals surface area contributed by atoms with Gasteiger partial charge in [-0.05, 0) is 31.2 Å². The molecule has 0 spiro atoms. The first-order valence-corrected chi connectivity index (χ1v) is 10.1. The number of rotatable bonds is 7. The number of hydrogen-bond donors (Lipinski definition) is 2. The molecule has 1 aromatic carbocycles. The summed E-state index contributed by atoms with van der Waals surface area (Å²) in [6.45, 7) is 1.91. The second kappa shape index (κ2) is 8.87. The fourth-order valence-electron chi connectivity index (χ4n) is 2.15. The molecule has 0 fully saturated rings. The zero-order valence-corrected chi connectivity index (χ0v) is 17.6. The highest BCUT2D eigenvalue weighted by Crippen LogP contribution is 2.37. The van der Waals surface area contributed by atoms with Crippen molar-refractivity contribution in [3.8, 4) is 5.75 Å². The minimum atomic E-state index is -4.73. The molecule has 0 aliphatic heterocycles. The normalized spacial score (nSPS) is 12.5. The number of nitrogens with one attached hydrogen (secondary N) is 1. The van der Waals surface area contributed by atoms with Crippen molar-refractivity contribution >= 4 is 45.8 Å². The summed E-state index contributed by atoms with van der Waals surface area (Å²) >= 11 is 2.68. The maximum Gasteiger partial charge on any atom is 0.573 e. The van der Waals surface area contributed by atoms with E-state index >= 15 is 0 Å². The van der Waals surface area contributed by atoms with E-state index in [9.17, 15) is 13.2 Å². The Hall–Kier alpha value is -2.87. The van der Waals surface area contributed by atoms with Gasteiger partial charge in [-0.25, -0.2) is 0 Å². The summed E-state index contributed by atoms with van der Waals surface area (Å²) < 4.78 is 41.2. The molecule has 9 nitrogen and oxygen atoms in total. The summed E-state index contributed by atoms with van der Waals surface area (Å²) in [6, 6.07) is 5.33. The largest absolute Gasteiger partial charge is 0.573 e. The van der Waals surface area contributed by atoms with E-state index in [-0.39, 0.29) is 16.9 Å². The number of benzene rings is 1. The first kappa shape index (κ1) is 21.8. The maximum atomic E-state index is 12.2. The van der Waals surface area contributed by atoms with Crippen molar-refractivity contribution in [1.82, 2.24) is 25.1 Å². The molecule has 1 unspecified atom stereocenters. The molecule has 1 atom stereocenters. The van der Waals surface area contributed by atoms with E-state index in [2.05, 4.69) is 35.2 Å². The predicted molar refractivity (Wildman–Crippen MR) is 109 cm³/mol. The number of hydrogen-bond acceptors (Lipinski definition) is 11. The van der Waals surface area contributed by atoms with Gasteiger partial charge in [-0.2, -0.15) is 15.0 Å². The summed E-state index contributed by atoms with van der Waals surface area (Å²) in [5.74, 6) is 0.807. The van der Waals surface area contributed by atoms with Crippen LogP contribution in [0.3, 0.4) is 0 Å². The molecular weight excluding hydrogens is 441 g/mol. The van der Waals surface area contributed by atoms with E-state index in [0.717, 1.165) is 0 Å². The molecule has 14 heteroatoms. The maximum absolute atomic E-state index is 12.2. The Morgan fingerprint density at radius 2 is 1.83 bits per heavy atom. The van der Waals surface area contributed by atoms with Gasteiger partial charge < -0.3 is 20.7 Å². The molecule has 3 N–H and O–H groups in total. The topological polar surface area (TPSA) is 115 Å². The van der Waals surface area contributed by atoms with Crippen LogP contribution in [0.4, 0.5) is 35.9 Å². The van der Waals surface area contributed by atoms with Crippen LogP contribution in [0.2, 0.25) is 0 Å². The second-order valence-corrected chi connectivity index (χ2v) is 8.64. The predicted octanol–water partition coefficient (Wildman–Crippen LogP) is 3.87. The van der Waals surface area contributed by atoms with Gasteiger partial charge in [0.05, 0.1) is 5.25 Å². The van der Waals surface area contributed by atoms with E-state index < -0.39 is 6.36 Å². The number of nitrogens with zero attached hydrogens (tertiary/aromatic N) is 6. The quantitative estimate of drug-likeness (QED) is 0.506. The van der Waals surface area contributed by atoms with Crippen molar-refractivity contribution < 1.29 is 17.9 Å². The van der Waals surface area contributed by atoms with Gasteiger partial charge in [0, 0.05) is 19.8 Å². The zero-order chi connectivity index (χ0) is 21.9. The van der Waals surface area contributed by atoms with Crippen LogP contribution in [0.25, 0.3) is 0 Å². The molecule has 0 radical (unpaired) electrons. The van der Waals surface area contributed by atoms with Crippen molar-refractivity contribution in [2.45, 2.75) is 22.9 Å². The van der Waals surface area contributed by atoms with Crippen LogP contribution in [-0.2, 0) is 0 Å². The highest BCUT2D eigenvalue weighted by atomic mass is 32.2. The Labute approximate surface area is 177 Å². The number of nitrogens with two attached hydrogens (primary N) is 1. The third-order valence-corrected chi connectivity index (χ3v) is 5.46. The third kappa shape index (κ3) is 6.06. The number of nitrogen functional groups attached to an aromatic ring is 1. The monoisotopic (exact) mass is 458 g/mol. The minimum Gasteiger partial charge on any atom is -0.406 e. The lowest BCUT2D eigenvalue weighted by atomic mass is 10.3. The molecule has 3 rings (SSSR count). The smallest absolute Gasteiger partial charge is 0.406 e. The first-order chi connectivity index (χ1) is 14.1. The van der Waals surface area contributed by atoms with Gasteiger partial charge in [0.2, 0.25) is 17.0 Å². The molecule has 0 saturated heterocycles. The summed E-state index contributed by atoms with van der Waals surface area (Å²) in [6.07, 6.45) is -4.73. The van der Waals surface area contributed by atoms with Gasteiger partial charge in [0.25, 0.3) is 0 Å². The van der Waals surface area contributed by atoms with Crippen LogP contribution < -0.4 is 20.7 Å². The summed E-state index contributed by atoms with van der Waals surface area (Å²) in [5.41, 5.74) is 6.31. The van der Waals surface area contributed by atoms with Crippen molar-refractivity contribution in [2.24, 2.45) is 0 Å². The van der Waals surface area contributed by atoms with Crippen LogP contribution in [0, 0.1) is 0 Å². The van der Waals surface area contributed by atoms with Crippen LogP contribution in [0.15, 0.2) is 28.6 Å². The van der Waals surface area contributed by atoms with Gasteiger partial charge in [-0.3, -0.25) is 0 Å². The fourth-order valence-corrected chi connectivity index (χ4v) is 4.12. The van der Waals surface area contributed by atoms with Crippen LogP contribution >= 0.6 is 23.1 Å². The lowest BCUT2D eigenvalue weighted by Crippen LogP contribution is -2.16. The highest BCUT2D eigenvalue weighted by Gasteiger charge is 2.31. The zero-order valence-electron chi connectivity index (χ0n) is 16.0. The van der Waals surface area contributed by atoms with Crippen LogP contribution in [0.5, 0.6) is 5.75 Å². The van der Waals surface area contributed by atoms with Crippen molar-refractivity contribution in [2.75, 3.05) is 30.0 Å². The van der Waals surface area contributed by atoms with Crippen molar-refractivity contribution in [3.63, 3.8) is 0 Å².